The molecule has 29 heavy (non-hydrogen) atoms. The minimum absolute atomic E-state index is 0.103. The lowest BCUT2D eigenvalue weighted by molar-refractivity contribution is -0.113. The highest BCUT2D eigenvalue weighted by Crippen LogP contribution is 2.23. The van der Waals surface area contributed by atoms with E-state index in [1.807, 2.05) is 24.3 Å². The quantitative estimate of drug-likeness (QED) is 0.171. The van der Waals surface area contributed by atoms with Crippen LogP contribution in [0, 0.1) is 5.92 Å². The summed E-state index contributed by atoms with van der Waals surface area (Å²) in [4.78, 5) is 15.7. The number of allylic oxidation sites excluding steroid dienone is 5. The summed E-state index contributed by atoms with van der Waals surface area (Å²) < 4.78 is 5.76. The molecule has 7 nitrogen and oxygen atoms in total. The topological polar surface area (TPSA) is 115 Å². The molecule has 0 unspecified atom stereocenters. The SMILES string of the molecule is CN=C(NCNC1=CC/C=C/C(=O)CC=C1)/C(N)=C(\N)OCC1CCCCCC1. The van der Waals surface area contributed by atoms with Crippen LogP contribution >= 0.6 is 0 Å². The molecule has 1 fully saturated rings. The molecule has 0 aromatic rings. The molecule has 0 radical (unpaired) electrons. The minimum atomic E-state index is 0.103. The smallest absolute Gasteiger partial charge is 0.211 e. The van der Waals surface area contributed by atoms with E-state index in [9.17, 15) is 4.79 Å². The fourth-order valence-corrected chi connectivity index (χ4v) is 3.42. The summed E-state index contributed by atoms with van der Waals surface area (Å²) in [5.41, 5.74) is 13.5. The van der Waals surface area contributed by atoms with E-state index < -0.39 is 0 Å². The summed E-state index contributed by atoms with van der Waals surface area (Å²) in [5.74, 6) is 1.35. The van der Waals surface area contributed by atoms with Crippen molar-refractivity contribution in [2.75, 3.05) is 20.3 Å². The average molecular weight is 402 g/mol. The number of aliphatic imine (C=N–C) groups is 1. The highest BCUT2D eigenvalue weighted by Gasteiger charge is 2.15. The number of ether oxygens (including phenoxy) is 1. The Hall–Kier alpha value is -2.70. The van der Waals surface area contributed by atoms with Gasteiger partial charge in [-0.25, -0.2) is 0 Å². The van der Waals surface area contributed by atoms with Gasteiger partial charge in [-0.2, -0.15) is 0 Å². The van der Waals surface area contributed by atoms with Gasteiger partial charge >= 0.3 is 0 Å². The van der Waals surface area contributed by atoms with Gasteiger partial charge < -0.3 is 26.8 Å². The third-order valence-corrected chi connectivity index (χ3v) is 5.14. The Labute approximate surface area is 174 Å². The second-order valence-electron chi connectivity index (χ2n) is 7.42. The number of rotatable bonds is 7. The third-order valence-electron chi connectivity index (χ3n) is 5.14. The van der Waals surface area contributed by atoms with Gasteiger partial charge in [-0.05, 0) is 37.3 Å². The Kier molecular flexibility index (Phi) is 9.89. The van der Waals surface area contributed by atoms with Crippen LogP contribution < -0.4 is 22.1 Å². The molecule has 0 atom stereocenters. The summed E-state index contributed by atoms with van der Waals surface area (Å²) in [6.07, 6.45) is 17.8. The van der Waals surface area contributed by atoms with Gasteiger partial charge in [0.15, 0.2) is 11.6 Å². The molecular formula is C22H35N5O2. The van der Waals surface area contributed by atoms with Crippen molar-refractivity contribution in [2.24, 2.45) is 22.4 Å². The van der Waals surface area contributed by atoms with Crippen molar-refractivity contribution in [3.8, 4) is 0 Å². The zero-order valence-electron chi connectivity index (χ0n) is 17.5. The molecule has 6 N–H and O–H groups in total. The first kappa shape index (κ1) is 22.6. The fraction of sp³-hybridized carbons (Fsp3) is 0.545. The van der Waals surface area contributed by atoms with Crippen LogP contribution in [-0.2, 0) is 9.53 Å². The zero-order valence-corrected chi connectivity index (χ0v) is 17.5. The highest BCUT2D eigenvalue weighted by molar-refractivity contribution is 5.97. The number of ketones is 1. The van der Waals surface area contributed by atoms with Crippen molar-refractivity contribution >= 4 is 11.6 Å². The van der Waals surface area contributed by atoms with Crippen LogP contribution in [0.5, 0.6) is 0 Å². The van der Waals surface area contributed by atoms with Gasteiger partial charge in [0.05, 0.1) is 13.3 Å². The molecule has 2 aliphatic rings. The van der Waals surface area contributed by atoms with Crippen LogP contribution in [0.2, 0.25) is 0 Å². The van der Waals surface area contributed by atoms with Crippen molar-refractivity contribution in [1.82, 2.24) is 10.6 Å². The summed E-state index contributed by atoms with van der Waals surface area (Å²) in [6.45, 7) is 1.02. The number of carbonyl (C=O) groups excluding carboxylic acids is 1. The van der Waals surface area contributed by atoms with E-state index in [0.717, 1.165) is 5.70 Å². The average Bonchev–Trinajstić information content (AvgIpc) is 2.94. The van der Waals surface area contributed by atoms with E-state index in [-0.39, 0.29) is 11.7 Å². The predicted octanol–water partition coefficient (Wildman–Crippen LogP) is 2.58. The van der Waals surface area contributed by atoms with Gasteiger partial charge in [0, 0.05) is 19.2 Å². The van der Waals surface area contributed by atoms with Crippen molar-refractivity contribution in [3.63, 3.8) is 0 Å². The van der Waals surface area contributed by atoms with Gasteiger partial charge in [-0.3, -0.25) is 9.79 Å². The van der Waals surface area contributed by atoms with Gasteiger partial charge in [0.25, 0.3) is 0 Å². The largest absolute Gasteiger partial charge is 0.478 e. The Morgan fingerprint density at radius 2 is 1.93 bits per heavy atom. The summed E-state index contributed by atoms with van der Waals surface area (Å²) in [5, 5.41) is 6.40. The molecule has 0 saturated heterocycles. The molecule has 2 rings (SSSR count). The number of nitrogens with zero attached hydrogens (tertiary/aromatic N) is 1. The maximum atomic E-state index is 11.5. The van der Waals surface area contributed by atoms with E-state index in [1.165, 1.54) is 38.5 Å². The van der Waals surface area contributed by atoms with Crippen LogP contribution in [0.3, 0.4) is 0 Å². The standard InChI is InChI=1S/C22H35N5O2/c1-25-22(20(23)21(24)29-15-17-9-4-2-3-5-10-17)27-16-26-18-11-6-7-13-19(28)14-8-12-18/h7-8,11-13,17,26H,2-6,9-10,14-16,23-24H2,1H3,(H,25,27)/b12-8?,13-7+,18-11?,21-20-. The van der Waals surface area contributed by atoms with E-state index in [4.69, 9.17) is 16.2 Å². The summed E-state index contributed by atoms with van der Waals surface area (Å²) in [7, 11) is 1.66. The van der Waals surface area contributed by atoms with Crippen molar-refractivity contribution in [3.05, 3.63) is 47.7 Å². The molecule has 160 valence electrons. The molecule has 0 aromatic carbocycles. The predicted molar refractivity (Wildman–Crippen MR) is 118 cm³/mol. The van der Waals surface area contributed by atoms with Crippen molar-refractivity contribution in [2.45, 2.75) is 51.4 Å². The van der Waals surface area contributed by atoms with E-state index in [0.29, 0.717) is 43.6 Å². The monoisotopic (exact) mass is 401 g/mol. The Balaban J connectivity index is 1.83. The first-order valence-electron chi connectivity index (χ1n) is 10.5. The van der Waals surface area contributed by atoms with Crippen LogP contribution in [0.4, 0.5) is 0 Å². The fourth-order valence-electron chi connectivity index (χ4n) is 3.42. The zero-order chi connectivity index (χ0) is 20.9. The summed E-state index contributed by atoms with van der Waals surface area (Å²) >= 11 is 0. The second-order valence-corrected chi connectivity index (χ2v) is 7.42. The number of amidine groups is 1. The number of nitrogens with two attached hydrogens (primary N) is 2. The number of hydrogen-bond donors (Lipinski definition) is 4. The van der Waals surface area contributed by atoms with Crippen LogP contribution in [0.1, 0.15) is 51.4 Å². The van der Waals surface area contributed by atoms with Gasteiger partial charge in [-0.1, -0.05) is 43.9 Å². The van der Waals surface area contributed by atoms with Crippen LogP contribution in [-0.4, -0.2) is 31.9 Å². The van der Waals surface area contributed by atoms with E-state index in [2.05, 4.69) is 15.6 Å². The first-order valence-corrected chi connectivity index (χ1v) is 10.5. The van der Waals surface area contributed by atoms with E-state index in [1.54, 1.807) is 13.1 Å². The Morgan fingerprint density at radius 1 is 1.17 bits per heavy atom. The van der Waals surface area contributed by atoms with Gasteiger partial charge in [0.1, 0.15) is 5.70 Å². The molecule has 0 heterocycles. The molecule has 0 spiro atoms. The third kappa shape index (κ3) is 8.46. The lowest BCUT2D eigenvalue weighted by atomic mass is 10.0. The summed E-state index contributed by atoms with van der Waals surface area (Å²) in [6, 6.07) is 0. The molecule has 0 aliphatic heterocycles. The van der Waals surface area contributed by atoms with Crippen molar-refractivity contribution < 1.29 is 9.53 Å². The number of hydrogen-bond acceptors (Lipinski definition) is 6. The lowest BCUT2D eigenvalue weighted by Crippen LogP contribution is -2.37. The minimum Gasteiger partial charge on any atom is -0.478 e. The first-order chi connectivity index (χ1) is 14.1. The Morgan fingerprint density at radius 3 is 2.66 bits per heavy atom. The maximum absolute atomic E-state index is 11.5. The molecule has 0 amide bonds. The van der Waals surface area contributed by atoms with Crippen LogP contribution in [0.25, 0.3) is 0 Å². The van der Waals surface area contributed by atoms with Crippen LogP contribution in [0.15, 0.2) is 52.6 Å². The normalized spacial score (nSPS) is 21.1. The lowest BCUT2D eigenvalue weighted by Gasteiger charge is -2.17. The molecule has 0 aromatic heterocycles. The number of carbonyl (C=O) groups is 1. The molecule has 7 heteroatoms. The number of nitrogens with one attached hydrogen (secondary N) is 2. The Bertz CT molecular complexity index is 683. The molecule has 2 aliphatic carbocycles. The second kappa shape index (κ2) is 12.7. The van der Waals surface area contributed by atoms with E-state index >= 15 is 0 Å². The highest BCUT2D eigenvalue weighted by atomic mass is 16.5. The van der Waals surface area contributed by atoms with Crippen molar-refractivity contribution in [1.29, 1.82) is 0 Å². The molecule has 0 bridgehead atoms. The molecule has 1 saturated carbocycles. The maximum Gasteiger partial charge on any atom is 0.211 e. The van der Waals surface area contributed by atoms with Gasteiger partial charge in [-0.15, -0.1) is 0 Å². The molecular weight excluding hydrogens is 366 g/mol. The van der Waals surface area contributed by atoms with Gasteiger partial charge in [0.2, 0.25) is 5.88 Å².